The number of hydrogen-bond acceptors (Lipinski definition) is 6. The molecule has 3 aromatic rings. The number of non-ortho nitro benzene ring substituents is 1. The molecule has 3 aromatic carbocycles. The van der Waals surface area contributed by atoms with E-state index in [1.165, 1.54) is 23.1 Å². The van der Waals surface area contributed by atoms with Gasteiger partial charge in [0.2, 0.25) is 0 Å². The Bertz CT molecular complexity index is 1330. The molecule has 2 amide bonds. The van der Waals surface area contributed by atoms with Gasteiger partial charge in [-0.05, 0) is 66.2 Å². The number of carbonyl (C=O) groups is 2. The monoisotopic (exact) mass is 487 g/mol. The lowest BCUT2D eigenvalue weighted by atomic mass is 10.1. The number of rotatable bonds is 7. The number of para-hydroxylation sites is 1. The molecule has 0 atom stereocenters. The quantitative estimate of drug-likeness (QED) is 0.172. The second-order valence-electron chi connectivity index (χ2n) is 7.73. The molecular formula is C26H21N3O5S. The average molecular weight is 488 g/mol. The normalized spacial score (nSPS) is 14.7. The summed E-state index contributed by atoms with van der Waals surface area (Å²) in [6.45, 7) is 2.19. The molecule has 0 unspecified atom stereocenters. The molecule has 4 rings (SSSR count). The predicted molar refractivity (Wildman–Crippen MR) is 136 cm³/mol. The second-order valence-corrected chi connectivity index (χ2v) is 8.11. The molecule has 1 fully saturated rings. The Kier molecular flexibility index (Phi) is 6.98. The minimum Gasteiger partial charge on any atom is -0.488 e. The number of anilines is 1. The van der Waals surface area contributed by atoms with E-state index in [0.29, 0.717) is 17.0 Å². The Morgan fingerprint density at radius 1 is 1.00 bits per heavy atom. The lowest BCUT2D eigenvalue weighted by Crippen LogP contribution is -2.54. The van der Waals surface area contributed by atoms with Gasteiger partial charge in [-0.15, -0.1) is 0 Å². The van der Waals surface area contributed by atoms with Gasteiger partial charge in [0, 0.05) is 17.7 Å². The molecule has 9 heteroatoms. The van der Waals surface area contributed by atoms with Crippen LogP contribution in [0.4, 0.5) is 11.4 Å². The maximum atomic E-state index is 13.3. The van der Waals surface area contributed by atoms with Crippen molar-refractivity contribution >= 4 is 46.6 Å². The van der Waals surface area contributed by atoms with Crippen LogP contribution in [0.2, 0.25) is 0 Å². The summed E-state index contributed by atoms with van der Waals surface area (Å²) in [5.74, 6) is -0.675. The first kappa shape index (κ1) is 23.8. The van der Waals surface area contributed by atoms with E-state index in [0.717, 1.165) is 17.5 Å². The highest BCUT2D eigenvalue weighted by molar-refractivity contribution is 7.80. The van der Waals surface area contributed by atoms with Gasteiger partial charge in [0.05, 0.1) is 10.6 Å². The average Bonchev–Trinajstić information content (AvgIpc) is 2.86. The summed E-state index contributed by atoms with van der Waals surface area (Å²) in [7, 11) is 0. The molecule has 0 spiro atoms. The third-order valence-corrected chi connectivity index (χ3v) is 5.75. The maximum absolute atomic E-state index is 13.3. The van der Waals surface area contributed by atoms with Crippen LogP contribution < -0.4 is 15.0 Å². The zero-order valence-electron chi connectivity index (χ0n) is 18.8. The van der Waals surface area contributed by atoms with Crippen molar-refractivity contribution in [3.63, 3.8) is 0 Å². The third kappa shape index (κ3) is 5.25. The first-order valence-electron chi connectivity index (χ1n) is 10.8. The maximum Gasteiger partial charge on any atom is 0.270 e. The molecule has 35 heavy (non-hydrogen) atoms. The highest BCUT2D eigenvalue weighted by Crippen LogP contribution is 2.26. The zero-order valence-corrected chi connectivity index (χ0v) is 19.6. The molecule has 0 aliphatic carbocycles. The standard InChI is InChI=1S/C26H21N3O5S/c1-2-17-7-11-20(12-8-17)28-25(31)22(24(30)27-26(28)35)15-19-5-3-4-6-23(19)34-16-18-9-13-21(14-10-18)29(32)33/h3-15H,2,16H2,1H3,(H,27,30,35). The van der Waals surface area contributed by atoms with Crippen molar-refractivity contribution in [3.8, 4) is 5.75 Å². The van der Waals surface area contributed by atoms with Gasteiger partial charge in [0.25, 0.3) is 17.5 Å². The van der Waals surface area contributed by atoms with Gasteiger partial charge in [-0.1, -0.05) is 37.3 Å². The number of carbonyl (C=O) groups excluding carboxylic acids is 2. The summed E-state index contributed by atoms with van der Waals surface area (Å²) < 4.78 is 5.90. The smallest absolute Gasteiger partial charge is 0.270 e. The fraction of sp³-hybridized carbons (Fsp3) is 0.115. The largest absolute Gasteiger partial charge is 0.488 e. The van der Waals surface area contributed by atoms with Gasteiger partial charge < -0.3 is 4.74 Å². The van der Waals surface area contributed by atoms with Crippen LogP contribution >= 0.6 is 12.2 Å². The number of nitrogens with one attached hydrogen (secondary N) is 1. The molecule has 0 bridgehead atoms. The summed E-state index contributed by atoms with van der Waals surface area (Å²) in [4.78, 5) is 37.6. The number of nitro groups is 1. The van der Waals surface area contributed by atoms with E-state index in [9.17, 15) is 19.7 Å². The molecule has 8 nitrogen and oxygen atoms in total. The van der Waals surface area contributed by atoms with Crippen molar-refractivity contribution in [2.75, 3.05) is 4.90 Å². The van der Waals surface area contributed by atoms with Gasteiger partial charge in [-0.25, -0.2) is 0 Å². The predicted octanol–water partition coefficient (Wildman–Crippen LogP) is 4.57. The Labute approximate surface area is 207 Å². The van der Waals surface area contributed by atoms with E-state index in [4.69, 9.17) is 17.0 Å². The molecule has 0 aromatic heterocycles. The lowest BCUT2D eigenvalue weighted by Gasteiger charge is -2.29. The van der Waals surface area contributed by atoms with Gasteiger partial charge in [-0.3, -0.25) is 29.9 Å². The Morgan fingerprint density at radius 3 is 2.31 bits per heavy atom. The first-order chi connectivity index (χ1) is 16.9. The molecule has 1 heterocycles. The van der Waals surface area contributed by atoms with Crippen LogP contribution in [0, 0.1) is 10.1 Å². The summed E-state index contributed by atoms with van der Waals surface area (Å²) in [5, 5.41) is 13.4. The van der Waals surface area contributed by atoms with Crippen molar-refractivity contribution in [2.24, 2.45) is 0 Å². The Balaban J connectivity index is 1.59. The summed E-state index contributed by atoms with van der Waals surface area (Å²) >= 11 is 5.27. The Hall–Kier alpha value is -4.37. The number of benzene rings is 3. The molecular weight excluding hydrogens is 466 g/mol. The van der Waals surface area contributed by atoms with Crippen LogP contribution in [0.3, 0.4) is 0 Å². The molecule has 1 aliphatic heterocycles. The van der Waals surface area contributed by atoms with E-state index < -0.39 is 16.7 Å². The molecule has 1 aliphatic rings. The summed E-state index contributed by atoms with van der Waals surface area (Å²) in [6.07, 6.45) is 2.33. The topological polar surface area (TPSA) is 102 Å². The van der Waals surface area contributed by atoms with Crippen molar-refractivity contribution < 1.29 is 19.2 Å². The van der Waals surface area contributed by atoms with Gasteiger partial charge >= 0.3 is 0 Å². The molecule has 0 radical (unpaired) electrons. The minimum absolute atomic E-state index is 0.00694. The van der Waals surface area contributed by atoms with E-state index in [2.05, 4.69) is 5.32 Å². The van der Waals surface area contributed by atoms with Crippen molar-refractivity contribution in [3.05, 3.63) is 105 Å². The number of thiocarbonyl (C=S) groups is 1. The van der Waals surface area contributed by atoms with Crippen LogP contribution in [-0.2, 0) is 22.6 Å². The number of nitro benzene ring substituents is 1. The highest BCUT2D eigenvalue weighted by Gasteiger charge is 2.34. The summed E-state index contributed by atoms with van der Waals surface area (Å²) in [5.41, 5.74) is 2.85. The van der Waals surface area contributed by atoms with E-state index >= 15 is 0 Å². The second kappa shape index (κ2) is 10.3. The lowest BCUT2D eigenvalue weighted by molar-refractivity contribution is -0.384. The fourth-order valence-corrected chi connectivity index (χ4v) is 3.82. The van der Waals surface area contributed by atoms with Crippen LogP contribution in [0.5, 0.6) is 5.75 Å². The SMILES string of the molecule is CCc1ccc(N2C(=O)C(=Cc3ccccc3OCc3ccc([N+](=O)[O-])cc3)C(=O)NC2=S)cc1. The number of ether oxygens (including phenoxy) is 1. The molecule has 1 N–H and O–H groups in total. The number of hydrogen-bond donors (Lipinski definition) is 1. The number of amides is 2. The molecule has 0 saturated carbocycles. The van der Waals surface area contributed by atoms with Crippen LogP contribution in [0.1, 0.15) is 23.6 Å². The van der Waals surface area contributed by atoms with Crippen LogP contribution in [0.25, 0.3) is 6.08 Å². The zero-order chi connectivity index (χ0) is 24.9. The van der Waals surface area contributed by atoms with Crippen molar-refractivity contribution in [1.82, 2.24) is 5.32 Å². The highest BCUT2D eigenvalue weighted by atomic mass is 32.1. The van der Waals surface area contributed by atoms with Crippen LogP contribution in [0.15, 0.2) is 78.4 Å². The van der Waals surface area contributed by atoms with Crippen LogP contribution in [-0.4, -0.2) is 21.9 Å². The molecule has 176 valence electrons. The third-order valence-electron chi connectivity index (χ3n) is 5.46. The van der Waals surface area contributed by atoms with Crippen molar-refractivity contribution in [2.45, 2.75) is 20.0 Å². The summed E-state index contributed by atoms with van der Waals surface area (Å²) in [6, 6.07) is 20.4. The first-order valence-corrected chi connectivity index (χ1v) is 11.2. The molecule has 1 saturated heterocycles. The van der Waals surface area contributed by atoms with Crippen molar-refractivity contribution in [1.29, 1.82) is 0 Å². The van der Waals surface area contributed by atoms with Gasteiger partial charge in [0.1, 0.15) is 17.9 Å². The van der Waals surface area contributed by atoms with Gasteiger partial charge in [-0.2, -0.15) is 0 Å². The van der Waals surface area contributed by atoms with E-state index in [-0.39, 0.29) is 23.0 Å². The van der Waals surface area contributed by atoms with E-state index in [1.807, 2.05) is 19.1 Å². The fourth-order valence-electron chi connectivity index (χ4n) is 3.53. The number of nitrogens with zero attached hydrogens (tertiary/aromatic N) is 2. The number of aryl methyl sites for hydroxylation is 1. The van der Waals surface area contributed by atoms with E-state index in [1.54, 1.807) is 48.5 Å². The van der Waals surface area contributed by atoms with Gasteiger partial charge in [0.15, 0.2) is 5.11 Å². The minimum atomic E-state index is -0.591. The Morgan fingerprint density at radius 2 is 1.66 bits per heavy atom.